The van der Waals surface area contributed by atoms with Crippen molar-refractivity contribution in [3.8, 4) is 0 Å². The second-order valence-corrected chi connectivity index (χ2v) is 11.3. The zero-order chi connectivity index (χ0) is 32.5. The number of nitro groups is 1. The smallest absolute Gasteiger partial charge is 0.337 e. The van der Waals surface area contributed by atoms with Crippen LogP contribution in [0.2, 0.25) is 0 Å². The molecule has 0 aliphatic carbocycles. The third-order valence-corrected chi connectivity index (χ3v) is 7.72. The van der Waals surface area contributed by atoms with Crippen LogP contribution in [0.1, 0.15) is 56.2 Å². The maximum atomic E-state index is 13.5. The fraction of sp³-hybridized carbons (Fsp3) is 0.324. The normalized spacial score (nSPS) is 15.8. The van der Waals surface area contributed by atoms with Crippen molar-refractivity contribution in [3.63, 3.8) is 0 Å². The number of carbonyl (C=O) groups is 2. The summed E-state index contributed by atoms with van der Waals surface area (Å²) >= 11 is 0. The van der Waals surface area contributed by atoms with Gasteiger partial charge < -0.3 is 24.6 Å². The summed E-state index contributed by atoms with van der Waals surface area (Å²) in [6.07, 6.45) is 10.7. The minimum atomic E-state index is -1.22. The number of imidazole rings is 1. The molecular formula is C34H39N5O6. The fourth-order valence-corrected chi connectivity index (χ4v) is 5.44. The van der Waals surface area contributed by atoms with Gasteiger partial charge in [0.1, 0.15) is 0 Å². The van der Waals surface area contributed by atoms with Crippen LogP contribution in [0.5, 0.6) is 0 Å². The molecule has 11 heteroatoms. The molecule has 3 aromatic rings. The summed E-state index contributed by atoms with van der Waals surface area (Å²) in [5.41, 5.74) is 3.36. The summed E-state index contributed by atoms with van der Waals surface area (Å²) in [5, 5.41) is 24.4. The van der Waals surface area contributed by atoms with Crippen LogP contribution in [0.15, 0.2) is 95.9 Å². The summed E-state index contributed by atoms with van der Waals surface area (Å²) in [4.78, 5) is 42.9. The molecule has 0 fully saturated rings. The predicted molar refractivity (Wildman–Crippen MR) is 171 cm³/mol. The lowest BCUT2D eigenvalue weighted by atomic mass is 9.80. The van der Waals surface area contributed by atoms with Crippen molar-refractivity contribution >= 4 is 23.7 Å². The molecule has 0 saturated carbocycles. The van der Waals surface area contributed by atoms with Crippen LogP contribution in [0.4, 0.5) is 5.69 Å². The second-order valence-electron chi connectivity index (χ2n) is 11.3. The third-order valence-electron chi connectivity index (χ3n) is 7.72. The average molecular weight is 614 g/mol. The standard InChI is InChI=1S/C34H39N5O6/c1-23(8-6-17-37(4)18-7-9-26-12-14-27(15-13-26)21-38-19-16-35-22-38)45-34(42)31-25(3)36-24(2)30(33(40)41)32(31)28-10-5-11-29(20-28)39(43)44/h5,7,9-16,19-20,22-23,32,36H,6,8,17-18,21H2,1-4H3,(H,40,41)/b9-7+. The molecule has 1 aliphatic rings. The molecule has 1 aromatic heterocycles. The Morgan fingerprint density at radius 1 is 1.18 bits per heavy atom. The number of benzene rings is 2. The highest BCUT2D eigenvalue weighted by atomic mass is 16.6. The Balaban J connectivity index is 1.30. The number of carboxylic acids is 1. The van der Waals surface area contributed by atoms with Gasteiger partial charge in [-0.05, 0) is 63.9 Å². The molecule has 0 bridgehead atoms. The highest BCUT2D eigenvalue weighted by Gasteiger charge is 2.38. The summed E-state index contributed by atoms with van der Waals surface area (Å²) in [7, 11) is 2.03. The highest BCUT2D eigenvalue weighted by molar-refractivity contribution is 5.99. The van der Waals surface area contributed by atoms with Gasteiger partial charge in [-0.3, -0.25) is 10.1 Å². The first-order valence-corrected chi connectivity index (χ1v) is 14.8. The van der Waals surface area contributed by atoms with Gasteiger partial charge in [0, 0.05) is 49.0 Å². The first-order valence-electron chi connectivity index (χ1n) is 14.8. The van der Waals surface area contributed by atoms with Crippen LogP contribution in [0, 0.1) is 10.1 Å². The predicted octanol–water partition coefficient (Wildman–Crippen LogP) is 5.52. The number of aromatic nitrogens is 2. The number of dihydropyridines is 1. The number of nitrogens with one attached hydrogen (secondary N) is 1. The minimum absolute atomic E-state index is 0.0548. The summed E-state index contributed by atoms with van der Waals surface area (Å²) in [5.74, 6) is -2.89. The largest absolute Gasteiger partial charge is 0.478 e. The van der Waals surface area contributed by atoms with Gasteiger partial charge in [0.2, 0.25) is 0 Å². The maximum Gasteiger partial charge on any atom is 0.337 e. The van der Waals surface area contributed by atoms with E-state index in [2.05, 4.69) is 51.6 Å². The first-order chi connectivity index (χ1) is 21.5. The number of allylic oxidation sites excluding steroid dienone is 2. The zero-order valence-corrected chi connectivity index (χ0v) is 26.0. The Hall–Kier alpha value is -5.03. The molecule has 236 valence electrons. The lowest BCUT2D eigenvalue weighted by Crippen LogP contribution is -2.33. The van der Waals surface area contributed by atoms with Gasteiger partial charge in [-0.15, -0.1) is 0 Å². The molecule has 45 heavy (non-hydrogen) atoms. The van der Waals surface area contributed by atoms with Crippen molar-refractivity contribution in [2.75, 3.05) is 20.1 Å². The molecule has 0 radical (unpaired) electrons. The number of nitro benzene ring substituents is 1. The lowest BCUT2D eigenvalue weighted by molar-refractivity contribution is -0.384. The van der Waals surface area contributed by atoms with Crippen LogP contribution in [0.25, 0.3) is 6.08 Å². The van der Waals surface area contributed by atoms with E-state index in [1.807, 2.05) is 24.7 Å². The molecular weight excluding hydrogens is 574 g/mol. The third kappa shape index (κ3) is 8.76. The number of nitrogens with zero attached hydrogens (tertiary/aromatic N) is 4. The van der Waals surface area contributed by atoms with Gasteiger partial charge in [-0.2, -0.15) is 0 Å². The molecule has 0 spiro atoms. The van der Waals surface area contributed by atoms with Crippen LogP contribution < -0.4 is 5.32 Å². The van der Waals surface area contributed by atoms with Gasteiger partial charge in [0.05, 0.1) is 34.4 Å². The Kier molecular flexibility index (Phi) is 11.0. The number of non-ortho nitro benzene ring substituents is 1. The van der Waals surface area contributed by atoms with E-state index in [1.54, 1.807) is 32.4 Å². The Labute approximate surface area is 262 Å². The first kappa shape index (κ1) is 32.9. The maximum absolute atomic E-state index is 13.5. The van der Waals surface area contributed by atoms with E-state index in [-0.39, 0.29) is 16.8 Å². The fourth-order valence-electron chi connectivity index (χ4n) is 5.44. The van der Waals surface area contributed by atoms with Crippen molar-refractivity contribution in [1.29, 1.82) is 0 Å². The van der Waals surface area contributed by atoms with Gasteiger partial charge in [0.25, 0.3) is 5.69 Å². The quantitative estimate of drug-likeness (QED) is 0.137. The number of esters is 1. The minimum Gasteiger partial charge on any atom is -0.478 e. The van der Waals surface area contributed by atoms with E-state index in [9.17, 15) is 24.8 Å². The molecule has 2 heterocycles. The van der Waals surface area contributed by atoms with Crippen molar-refractivity contribution in [2.45, 2.75) is 52.2 Å². The number of likely N-dealkylation sites (N-methyl/N-ethyl adjacent to an activating group) is 1. The topological polar surface area (TPSA) is 140 Å². The van der Waals surface area contributed by atoms with Crippen molar-refractivity contribution in [2.24, 2.45) is 0 Å². The summed E-state index contributed by atoms with van der Waals surface area (Å²) in [6, 6.07) is 14.1. The second kappa shape index (κ2) is 15.1. The summed E-state index contributed by atoms with van der Waals surface area (Å²) in [6.45, 7) is 7.42. The van der Waals surface area contributed by atoms with E-state index in [4.69, 9.17) is 4.74 Å². The summed E-state index contributed by atoms with van der Waals surface area (Å²) < 4.78 is 7.82. The molecule has 1 aliphatic heterocycles. The Bertz CT molecular complexity index is 1610. The Morgan fingerprint density at radius 3 is 2.58 bits per heavy atom. The van der Waals surface area contributed by atoms with E-state index in [0.717, 1.165) is 31.6 Å². The van der Waals surface area contributed by atoms with Crippen LogP contribution in [-0.4, -0.2) is 62.7 Å². The van der Waals surface area contributed by atoms with Crippen molar-refractivity contribution in [1.82, 2.24) is 19.8 Å². The molecule has 0 amide bonds. The number of ether oxygens (including phenoxy) is 1. The van der Waals surface area contributed by atoms with E-state index in [1.165, 1.54) is 23.8 Å². The molecule has 2 N–H and O–H groups in total. The van der Waals surface area contributed by atoms with E-state index < -0.39 is 28.9 Å². The number of rotatable bonds is 14. The number of carbonyl (C=O) groups excluding carboxylic acids is 1. The monoisotopic (exact) mass is 613 g/mol. The van der Waals surface area contributed by atoms with Crippen molar-refractivity contribution in [3.05, 3.63) is 123 Å². The van der Waals surface area contributed by atoms with Crippen LogP contribution in [0.3, 0.4) is 0 Å². The van der Waals surface area contributed by atoms with Crippen LogP contribution in [-0.2, 0) is 20.9 Å². The molecule has 2 atom stereocenters. The van der Waals surface area contributed by atoms with Gasteiger partial charge in [-0.25, -0.2) is 14.6 Å². The van der Waals surface area contributed by atoms with Crippen molar-refractivity contribution < 1.29 is 24.4 Å². The number of hydrogen-bond acceptors (Lipinski definition) is 8. The number of aliphatic carboxylic acids is 1. The molecule has 0 saturated heterocycles. The SMILES string of the molecule is CC1=C(C(=O)O)C(c2cccc([N+](=O)[O-])c2)C(C(=O)OC(C)CCCN(C)C/C=C/c2ccc(Cn3ccnc3)cc2)=C(C)N1. The number of hydrogen-bond donors (Lipinski definition) is 2. The van der Waals surface area contributed by atoms with E-state index in [0.29, 0.717) is 23.4 Å². The van der Waals surface area contributed by atoms with E-state index >= 15 is 0 Å². The van der Waals surface area contributed by atoms with Gasteiger partial charge in [-0.1, -0.05) is 48.6 Å². The zero-order valence-electron chi connectivity index (χ0n) is 26.0. The number of carboxylic acid groups (broad SMARTS) is 1. The van der Waals surface area contributed by atoms with Crippen LogP contribution >= 0.6 is 0 Å². The highest BCUT2D eigenvalue weighted by Crippen LogP contribution is 2.39. The van der Waals surface area contributed by atoms with Gasteiger partial charge in [0.15, 0.2) is 0 Å². The molecule has 2 unspecified atom stereocenters. The molecule has 11 nitrogen and oxygen atoms in total. The molecule has 2 aromatic carbocycles. The average Bonchev–Trinajstić information content (AvgIpc) is 3.50. The molecule has 4 rings (SSSR count). The lowest BCUT2D eigenvalue weighted by Gasteiger charge is -2.30. The Morgan fingerprint density at radius 2 is 1.91 bits per heavy atom. The van der Waals surface area contributed by atoms with Gasteiger partial charge >= 0.3 is 11.9 Å².